The molecule has 0 spiro atoms. The second kappa shape index (κ2) is 8.14. The van der Waals surface area contributed by atoms with Crippen molar-refractivity contribution >= 4 is 5.97 Å². The van der Waals surface area contributed by atoms with Crippen molar-refractivity contribution in [1.82, 2.24) is 0 Å². The molecule has 1 saturated carbocycles. The summed E-state index contributed by atoms with van der Waals surface area (Å²) in [5, 5.41) is 9.89. The molecule has 1 aromatic carbocycles. The number of carbonyl (C=O) groups is 1. The van der Waals surface area contributed by atoms with Crippen LogP contribution in [0.1, 0.15) is 51.0 Å². The van der Waals surface area contributed by atoms with E-state index in [9.17, 15) is 9.90 Å². The molecule has 1 N–H and O–H groups in total. The average Bonchev–Trinajstić information content (AvgIpc) is 2.53. The quantitative estimate of drug-likeness (QED) is 0.664. The van der Waals surface area contributed by atoms with Crippen molar-refractivity contribution in [3.05, 3.63) is 48.0 Å². The Morgan fingerprint density at radius 1 is 1.18 bits per heavy atom. The van der Waals surface area contributed by atoms with E-state index in [1.165, 1.54) is 11.6 Å². The molecule has 0 heterocycles. The molecule has 1 aromatic rings. The number of aliphatic hydroxyl groups excluding tert-OH is 1. The molecule has 0 saturated heterocycles. The summed E-state index contributed by atoms with van der Waals surface area (Å²) in [5.41, 5.74) is 1.22. The third-order valence-electron chi connectivity index (χ3n) is 4.12. The number of carbonyl (C=O) groups excluding carboxylic acids is 1. The summed E-state index contributed by atoms with van der Waals surface area (Å²) in [7, 11) is 0. The summed E-state index contributed by atoms with van der Waals surface area (Å²) >= 11 is 0. The van der Waals surface area contributed by atoms with Gasteiger partial charge in [-0.15, -0.1) is 0 Å². The summed E-state index contributed by atoms with van der Waals surface area (Å²) in [4.78, 5) is 12.1. The predicted molar refractivity (Wildman–Crippen MR) is 87.5 cm³/mol. The van der Waals surface area contributed by atoms with E-state index in [1.807, 2.05) is 38.1 Å². The fraction of sp³-hybridized carbons (Fsp3) is 0.526. The van der Waals surface area contributed by atoms with Crippen LogP contribution in [0.5, 0.6) is 0 Å². The zero-order valence-electron chi connectivity index (χ0n) is 13.4. The summed E-state index contributed by atoms with van der Waals surface area (Å²) < 4.78 is 5.61. The predicted octanol–water partition coefficient (Wildman–Crippen LogP) is 3.83. The van der Waals surface area contributed by atoms with E-state index in [1.54, 1.807) is 0 Å². The van der Waals surface area contributed by atoms with E-state index in [2.05, 4.69) is 12.1 Å². The van der Waals surface area contributed by atoms with Crippen LogP contribution >= 0.6 is 0 Å². The van der Waals surface area contributed by atoms with E-state index in [0.717, 1.165) is 25.7 Å². The van der Waals surface area contributed by atoms with Gasteiger partial charge in [0.25, 0.3) is 0 Å². The van der Waals surface area contributed by atoms with Gasteiger partial charge in [-0.3, -0.25) is 0 Å². The van der Waals surface area contributed by atoms with Crippen LogP contribution in [0.2, 0.25) is 0 Å². The van der Waals surface area contributed by atoms with Gasteiger partial charge in [0.1, 0.15) is 6.10 Å². The Hall–Kier alpha value is -1.61. The van der Waals surface area contributed by atoms with Crippen LogP contribution < -0.4 is 0 Å². The molecule has 3 heteroatoms. The molecule has 2 rings (SSSR count). The minimum atomic E-state index is -1.17. The molecule has 3 atom stereocenters. The zero-order valence-corrected chi connectivity index (χ0v) is 13.4. The topological polar surface area (TPSA) is 46.5 Å². The molecule has 1 aliphatic rings. The molecule has 1 fully saturated rings. The van der Waals surface area contributed by atoms with Crippen LogP contribution in [0.15, 0.2) is 42.5 Å². The number of aliphatic hydroxyl groups is 1. The minimum Gasteiger partial charge on any atom is -0.460 e. The smallest absolute Gasteiger partial charge is 0.339 e. The van der Waals surface area contributed by atoms with Crippen LogP contribution in [-0.2, 0) is 9.53 Å². The SMILES string of the molecule is CC(C)/C=C/C(O)C(=O)O[C@H]1CCCC[C@@H]1c1ccccc1. The monoisotopic (exact) mass is 302 g/mol. The first-order chi connectivity index (χ1) is 10.6. The van der Waals surface area contributed by atoms with Crippen molar-refractivity contribution < 1.29 is 14.6 Å². The highest BCUT2D eigenvalue weighted by Crippen LogP contribution is 2.35. The molecule has 0 bridgehead atoms. The van der Waals surface area contributed by atoms with Crippen LogP contribution in [0.25, 0.3) is 0 Å². The van der Waals surface area contributed by atoms with Crippen LogP contribution in [-0.4, -0.2) is 23.3 Å². The van der Waals surface area contributed by atoms with Gasteiger partial charge in [-0.25, -0.2) is 4.79 Å². The van der Waals surface area contributed by atoms with E-state index < -0.39 is 12.1 Å². The molecule has 120 valence electrons. The minimum absolute atomic E-state index is 0.134. The third kappa shape index (κ3) is 4.70. The van der Waals surface area contributed by atoms with Gasteiger partial charge in [0.2, 0.25) is 0 Å². The van der Waals surface area contributed by atoms with Gasteiger partial charge in [-0.1, -0.05) is 56.7 Å². The number of rotatable bonds is 5. The zero-order chi connectivity index (χ0) is 15.9. The lowest BCUT2D eigenvalue weighted by atomic mass is 9.81. The van der Waals surface area contributed by atoms with Crippen molar-refractivity contribution in [1.29, 1.82) is 0 Å². The molecule has 0 aliphatic heterocycles. The van der Waals surface area contributed by atoms with E-state index in [4.69, 9.17) is 4.74 Å². The maximum Gasteiger partial charge on any atom is 0.339 e. The Bertz CT molecular complexity index is 493. The van der Waals surface area contributed by atoms with Crippen molar-refractivity contribution in [2.45, 2.75) is 57.7 Å². The van der Waals surface area contributed by atoms with Gasteiger partial charge in [0.15, 0.2) is 6.10 Å². The van der Waals surface area contributed by atoms with Gasteiger partial charge in [-0.05, 0) is 36.8 Å². The first-order valence-corrected chi connectivity index (χ1v) is 8.19. The Morgan fingerprint density at radius 2 is 1.86 bits per heavy atom. The molecule has 0 aromatic heterocycles. The van der Waals surface area contributed by atoms with Crippen molar-refractivity contribution in [2.75, 3.05) is 0 Å². The molecular weight excluding hydrogens is 276 g/mol. The lowest BCUT2D eigenvalue weighted by Crippen LogP contribution is -2.32. The standard InChI is InChI=1S/C19H26O3/c1-14(2)12-13-17(20)19(21)22-18-11-7-6-10-16(18)15-8-4-3-5-9-15/h3-5,8-9,12-14,16-18,20H,6-7,10-11H2,1-2H3/b13-12+/t16-,17?,18+/m1/s1. The molecule has 1 aliphatic carbocycles. The van der Waals surface area contributed by atoms with E-state index in [-0.39, 0.29) is 12.0 Å². The van der Waals surface area contributed by atoms with Crippen molar-refractivity contribution in [3.8, 4) is 0 Å². The maximum atomic E-state index is 12.1. The second-order valence-electron chi connectivity index (χ2n) is 6.35. The fourth-order valence-electron chi connectivity index (χ4n) is 2.94. The van der Waals surface area contributed by atoms with Gasteiger partial charge < -0.3 is 9.84 Å². The number of hydrogen-bond donors (Lipinski definition) is 1. The molecule has 3 nitrogen and oxygen atoms in total. The summed E-state index contributed by atoms with van der Waals surface area (Å²) in [6.45, 7) is 4.00. The number of ether oxygens (including phenoxy) is 1. The summed E-state index contributed by atoms with van der Waals surface area (Å²) in [6.07, 6.45) is 6.16. The molecule has 22 heavy (non-hydrogen) atoms. The lowest BCUT2D eigenvalue weighted by molar-refractivity contribution is -0.159. The first-order valence-electron chi connectivity index (χ1n) is 8.19. The van der Waals surface area contributed by atoms with Gasteiger partial charge in [0.05, 0.1) is 0 Å². The average molecular weight is 302 g/mol. The lowest BCUT2D eigenvalue weighted by Gasteiger charge is -2.31. The molecule has 0 radical (unpaired) electrons. The molecular formula is C19H26O3. The van der Waals surface area contributed by atoms with Gasteiger partial charge in [-0.2, -0.15) is 0 Å². The van der Waals surface area contributed by atoms with E-state index >= 15 is 0 Å². The number of esters is 1. The number of benzene rings is 1. The van der Waals surface area contributed by atoms with Gasteiger partial charge >= 0.3 is 5.97 Å². The van der Waals surface area contributed by atoms with Crippen LogP contribution in [0.3, 0.4) is 0 Å². The Kier molecular flexibility index (Phi) is 6.20. The highest BCUT2D eigenvalue weighted by molar-refractivity contribution is 5.76. The molecule has 0 amide bonds. The Labute approximate surface area is 133 Å². The summed E-state index contributed by atoms with van der Waals surface area (Å²) in [5.74, 6) is -0.000827. The van der Waals surface area contributed by atoms with Crippen molar-refractivity contribution in [3.63, 3.8) is 0 Å². The van der Waals surface area contributed by atoms with Gasteiger partial charge in [0, 0.05) is 5.92 Å². The fourth-order valence-corrected chi connectivity index (χ4v) is 2.94. The third-order valence-corrected chi connectivity index (χ3v) is 4.12. The second-order valence-corrected chi connectivity index (χ2v) is 6.35. The van der Waals surface area contributed by atoms with Crippen molar-refractivity contribution in [2.24, 2.45) is 5.92 Å². The largest absolute Gasteiger partial charge is 0.460 e. The van der Waals surface area contributed by atoms with Crippen LogP contribution in [0.4, 0.5) is 0 Å². The number of hydrogen-bond acceptors (Lipinski definition) is 3. The normalized spacial score (nSPS) is 23.6. The Balaban J connectivity index is 2.01. The number of allylic oxidation sites excluding steroid dienone is 1. The highest BCUT2D eigenvalue weighted by atomic mass is 16.6. The first kappa shape index (κ1) is 16.8. The highest BCUT2D eigenvalue weighted by Gasteiger charge is 2.30. The maximum absolute atomic E-state index is 12.1. The summed E-state index contributed by atoms with van der Waals surface area (Å²) in [6, 6.07) is 10.2. The Morgan fingerprint density at radius 3 is 2.55 bits per heavy atom. The van der Waals surface area contributed by atoms with E-state index in [0.29, 0.717) is 5.92 Å². The molecule has 1 unspecified atom stereocenters. The van der Waals surface area contributed by atoms with Crippen LogP contribution in [0, 0.1) is 5.92 Å².